The van der Waals surface area contributed by atoms with Crippen LogP contribution in [0.25, 0.3) is 0 Å². The molecule has 14 heavy (non-hydrogen) atoms. The quantitative estimate of drug-likeness (QED) is 0.549. The van der Waals surface area contributed by atoms with E-state index < -0.39 is 0 Å². The largest absolute Gasteiger partial charge is 0.366 e. The molecule has 2 heteroatoms. The monoisotopic (exact) mass is 195 g/mol. The summed E-state index contributed by atoms with van der Waals surface area (Å²) in [7, 11) is 2.21. The van der Waals surface area contributed by atoms with Gasteiger partial charge in [0.25, 0.3) is 0 Å². The Morgan fingerprint density at radius 1 is 1.43 bits per heavy atom. The Hall–Kier alpha value is -0.340. The molecule has 2 rings (SSSR count). The standard InChI is InChI=1S/C12H21NO/c1-9-8-14-12(11(9)3)5-6-13(4)10(2)7-12/h10H,5-8H2,1-4H3/t10-,12+/m1/s1. The van der Waals surface area contributed by atoms with Crippen LogP contribution in [0.3, 0.4) is 0 Å². The van der Waals surface area contributed by atoms with E-state index in [1.54, 1.807) is 0 Å². The normalized spacial score (nSPS) is 39.9. The number of rotatable bonds is 0. The third-order valence-corrected chi connectivity index (χ3v) is 4.13. The van der Waals surface area contributed by atoms with E-state index in [9.17, 15) is 0 Å². The fraction of sp³-hybridized carbons (Fsp3) is 0.833. The molecule has 0 radical (unpaired) electrons. The SMILES string of the molecule is CC1=C(C)[C@@]2(CCN(C)[C@H](C)C2)OC1. The van der Waals surface area contributed by atoms with Crippen LogP contribution in [0.2, 0.25) is 0 Å². The fourth-order valence-electron chi connectivity index (χ4n) is 2.64. The van der Waals surface area contributed by atoms with E-state index in [1.165, 1.54) is 11.1 Å². The van der Waals surface area contributed by atoms with Gasteiger partial charge in [-0.1, -0.05) is 0 Å². The molecule has 0 aromatic heterocycles. The smallest absolute Gasteiger partial charge is 0.0923 e. The summed E-state index contributed by atoms with van der Waals surface area (Å²) in [6.07, 6.45) is 2.32. The molecule has 2 nitrogen and oxygen atoms in total. The summed E-state index contributed by atoms with van der Waals surface area (Å²) in [5.41, 5.74) is 3.04. The van der Waals surface area contributed by atoms with Crippen LogP contribution in [0.4, 0.5) is 0 Å². The van der Waals surface area contributed by atoms with Gasteiger partial charge in [-0.2, -0.15) is 0 Å². The minimum atomic E-state index is 0.0933. The summed E-state index contributed by atoms with van der Waals surface area (Å²) >= 11 is 0. The maximum Gasteiger partial charge on any atom is 0.0923 e. The van der Waals surface area contributed by atoms with E-state index in [0.717, 1.165) is 26.0 Å². The lowest BCUT2D eigenvalue weighted by Crippen LogP contribution is -2.48. The second kappa shape index (κ2) is 3.35. The molecule has 0 unspecified atom stereocenters. The third kappa shape index (κ3) is 1.41. The summed E-state index contributed by atoms with van der Waals surface area (Å²) in [6.45, 7) is 8.76. The van der Waals surface area contributed by atoms with Gasteiger partial charge >= 0.3 is 0 Å². The highest BCUT2D eigenvalue weighted by Gasteiger charge is 2.42. The van der Waals surface area contributed by atoms with Gasteiger partial charge in [0.1, 0.15) is 0 Å². The zero-order valence-corrected chi connectivity index (χ0v) is 9.76. The minimum Gasteiger partial charge on any atom is -0.366 e. The van der Waals surface area contributed by atoms with Crippen LogP contribution < -0.4 is 0 Å². The fourth-order valence-corrected chi connectivity index (χ4v) is 2.64. The van der Waals surface area contributed by atoms with E-state index in [1.807, 2.05) is 0 Å². The predicted octanol–water partition coefficient (Wildman–Crippen LogP) is 2.21. The van der Waals surface area contributed by atoms with Crippen LogP contribution in [0.15, 0.2) is 11.1 Å². The first-order valence-electron chi connectivity index (χ1n) is 5.56. The van der Waals surface area contributed by atoms with Crippen LogP contribution in [0.1, 0.15) is 33.6 Å². The van der Waals surface area contributed by atoms with E-state index in [-0.39, 0.29) is 5.60 Å². The molecule has 1 fully saturated rings. The molecule has 2 atom stereocenters. The van der Waals surface area contributed by atoms with Gasteiger partial charge in [-0.25, -0.2) is 0 Å². The van der Waals surface area contributed by atoms with Crippen molar-refractivity contribution in [3.05, 3.63) is 11.1 Å². The van der Waals surface area contributed by atoms with Crippen molar-refractivity contribution < 1.29 is 4.74 Å². The van der Waals surface area contributed by atoms with Gasteiger partial charge in [0, 0.05) is 12.6 Å². The molecule has 0 saturated carbocycles. The van der Waals surface area contributed by atoms with Gasteiger partial charge in [-0.05, 0) is 51.8 Å². The Balaban J connectivity index is 2.19. The maximum atomic E-state index is 6.02. The topological polar surface area (TPSA) is 12.5 Å². The number of hydrogen-bond acceptors (Lipinski definition) is 2. The predicted molar refractivity (Wildman–Crippen MR) is 58.4 cm³/mol. The van der Waals surface area contributed by atoms with E-state index >= 15 is 0 Å². The van der Waals surface area contributed by atoms with Gasteiger partial charge in [-0.15, -0.1) is 0 Å². The average molecular weight is 195 g/mol. The zero-order chi connectivity index (χ0) is 10.3. The summed E-state index contributed by atoms with van der Waals surface area (Å²) in [6, 6.07) is 0.643. The second-order valence-corrected chi connectivity index (χ2v) is 4.97. The van der Waals surface area contributed by atoms with Crippen molar-refractivity contribution in [2.75, 3.05) is 20.2 Å². The van der Waals surface area contributed by atoms with Crippen molar-refractivity contribution in [2.24, 2.45) is 0 Å². The molecule has 0 bridgehead atoms. The zero-order valence-electron chi connectivity index (χ0n) is 9.76. The molecule has 0 amide bonds. The van der Waals surface area contributed by atoms with Crippen molar-refractivity contribution in [3.8, 4) is 0 Å². The third-order valence-electron chi connectivity index (χ3n) is 4.13. The summed E-state index contributed by atoms with van der Waals surface area (Å²) < 4.78 is 6.02. The molecule has 0 aliphatic carbocycles. The summed E-state index contributed by atoms with van der Waals surface area (Å²) in [4.78, 5) is 2.43. The molecule has 1 spiro atoms. The first-order chi connectivity index (χ1) is 6.55. The Bertz CT molecular complexity index is 271. The van der Waals surface area contributed by atoms with Gasteiger partial charge in [0.05, 0.1) is 12.2 Å². The lowest BCUT2D eigenvalue weighted by molar-refractivity contribution is -0.0431. The average Bonchev–Trinajstić information content (AvgIpc) is 2.42. The number of ether oxygens (including phenoxy) is 1. The van der Waals surface area contributed by atoms with Gasteiger partial charge in [-0.3, -0.25) is 0 Å². The van der Waals surface area contributed by atoms with Gasteiger partial charge in [0.2, 0.25) is 0 Å². The number of hydrogen-bond donors (Lipinski definition) is 0. The molecule has 0 aromatic carbocycles. The number of piperidine rings is 1. The second-order valence-electron chi connectivity index (χ2n) is 4.97. The Morgan fingerprint density at radius 2 is 2.14 bits per heavy atom. The Labute approximate surface area is 86.9 Å². The lowest BCUT2D eigenvalue weighted by atomic mass is 9.81. The summed E-state index contributed by atoms with van der Waals surface area (Å²) in [5.74, 6) is 0. The van der Waals surface area contributed by atoms with Crippen molar-refractivity contribution in [2.45, 2.75) is 45.3 Å². The first-order valence-corrected chi connectivity index (χ1v) is 5.56. The Kier molecular flexibility index (Phi) is 2.44. The van der Waals surface area contributed by atoms with Crippen molar-refractivity contribution in [1.82, 2.24) is 4.90 Å². The summed E-state index contributed by atoms with van der Waals surface area (Å²) in [5, 5.41) is 0. The molecular weight excluding hydrogens is 174 g/mol. The highest BCUT2D eigenvalue weighted by Crippen LogP contribution is 2.41. The van der Waals surface area contributed by atoms with Crippen LogP contribution in [0.5, 0.6) is 0 Å². The molecule has 1 saturated heterocycles. The van der Waals surface area contributed by atoms with Crippen LogP contribution in [-0.2, 0) is 4.74 Å². The molecule has 80 valence electrons. The van der Waals surface area contributed by atoms with Crippen LogP contribution in [-0.4, -0.2) is 36.7 Å². The van der Waals surface area contributed by atoms with Crippen molar-refractivity contribution in [1.29, 1.82) is 0 Å². The van der Waals surface area contributed by atoms with Crippen molar-refractivity contribution in [3.63, 3.8) is 0 Å². The molecule has 0 aromatic rings. The minimum absolute atomic E-state index is 0.0933. The first kappa shape index (κ1) is 10.2. The van der Waals surface area contributed by atoms with Gasteiger partial charge < -0.3 is 9.64 Å². The molecule has 2 aliphatic heterocycles. The Morgan fingerprint density at radius 3 is 2.64 bits per heavy atom. The lowest BCUT2D eigenvalue weighted by Gasteiger charge is -2.42. The molecular formula is C12H21NO. The molecule has 2 heterocycles. The molecule has 2 aliphatic rings. The van der Waals surface area contributed by atoms with Crippen LogP contribution >= 0.6 is 0 Å². The molecule has 0 N–H and O–H groups in total. The van der Waals surface area contributed by atoms with Crippen molar-refractivity contribution >= 4 is 0 Å². The highest BCUT2D eigenvalue weighted by molar-refractivity contribution is 5.27. The van der Waals surface area contributed by atoms with E-state index in [2.05, 4.69) is 32.7 Å². The number of nitrogens with zero attached hydrogens (tertiary/aromatic N) is 1. The van der Waals surface area contributed by atoms with E-state index in [4.69, 9.17) is 4.74 Å². The van der Waals surface area contributed by atoms with E-state index in [0.29, 0.717) is 6.04 Å². The maximum absolute atomic E-state index is 6.02. The highest BCUT2D eigenvalue weighted by atomic mass is 16.5. The van der Waals surface area contributed by atoms with Gasteiger partial charge in [0.15, 0.2) is 0 Å². The number of likely N-dealkylation sites (tertiary alicyclic amines) is 1. The van der Waals surface area contributed by atoms with Crippen LogP contribution in [0, 0.1) is 0 Å².